The fraction of sp³-hybridized carbons (Fsp3) is 0.250. The van der Waals surface area contributed by atoms with Crippen LogP contribution < -0.4 is 10.9 Å². The molecule has 4 aromatic heterocycles. The van der Waals surface area contributed by atoms with Crippen molar-refractivity contribution in [2.45, 2.75) is 26.6 Å². The SMILES string of the molecule is Cc1cn2cc(CNC(=O)c3ccc(CN(C)Cc4ccsc4)[nH]c3=O)nc2s1. The largest absolute Gasteiger partial charge is 0.346 e. The Morgan fingerprint density at radius 1 is 1.28 bits per heavy atom. The number of rotatable bonds is 7. The summed E-state index contributed by atoms with van der Waals surface area (Å²) in [6.45, 7) is 3.70. The Balaban J connectivity index is 1.36. The average Bonchev–Trinajstić information content (AvgIpc) is 3.36. The van der Waals surface area contributed by atoms with Crippen LogP contribution in [-0.4, -0.2) is 32.2 Å². The van der Waals surface area contributed by atoms with Crippen molar-refractivity contribution in [3.8, 4) is 0 Å². The number of thiazole rings is 1. The Morgan fingerprint density at radius 2 is 2.14 bits per heavy atom. The van der Waals surface area contributed by atoms with E-state index < -0.39 is 5.91 Å². The van der Waals surface area contributed by atoms with Gasteiger partial charge in [0.2, 0.25) is 0 Å². The Kier molecular flexibility index (Phi) is 5.61. The van der Waals surface area contributed by atoms with E-state index in [1.807, 2.05) is 36.1 Å². The highest BCUT2D eigenvalue weighted by Gasteiger charge is 2.13. The van der Waals surface area contributed by atoms with Gasteiger partial charge in [0.25, 0.3) is 11.5 Å². The summed E-state index contributed by atoms with van der Waals surface area (Å²) in [5, 5.41) is 6.93. The lowest BCUT2D eigenvalue weighted by atomic mass is 10.2. The number of aromatic amines is 1. The van der Waals surface area contributed by atoms with E-state index in [4.69, 9.17) is 0 Å². The zero-order valence-corrected chi connectivity index (χ0v) is 17.8. The number of thiophene rings is 1. The van der Waals surface area contributed by atoms with Gasteiger partial charge in [-0.05, 0) is 48.5 Å². The first-order valence-electron chi connectivity index (χ1n) is 9.12. The van der Waals surface area contributed by atoms with Gasteiger partial charge in [-0.25, -0.2) is 4.98 Å². The first kappa shape index (κ1) is 19.6. The van der Waals surface area contributed by atoms with Gasteiger partial charge in [-0.2, -0.15) is 11.3 Å². The third kappa shape index (κ3) is 4.64. The molecule has 4 heterocycles. The van der Waals surface area contributed by atoms with E-state index in [0.29, 0.717) is 6.54 Å². The number of fused-ring (bicyclic) bond motifs is 1. The predicted molar refractivity (Wildman–Crippen MR) is 116 cm³/mol. The minimum absolute atomic E-state index is 0.103. The summed E-state index contributed by atoms with van der Waals surface area (Å²) in [6.07, 6.45) is 3.88. The first-order chi connectivity index (χ1) is 14.0. The lowest BCUT2D eigenvalue weighted by Crippen LogP contribution is -2.30. The molecule has 150 valence electrons. The maximum absolute atomic E-state index is 12.4. The smallest absolute Gasteiger partial charge is 0.261 e. The molecule has 2 N–H and O–H groups in total. The number of aromatic nitrogens is 3. The van der Waals surface area contributed by atoms with Crippen molar-refractivity contribution in [1.29, 1.82) is 0 Å². The van der Waals surface area contributed by atoms with E-state index in [0.717, 1.165) is 22.9 Å². The van der Waals surface area contributed by atoms with Crippen molar-refractivity contribution in [2.75, 3.05) is 7.05 Å². The van der Waals surface area contributed by atoms with Crippen LogP contribution in [0.2, 0.25) is 0 Å². The second-order valence-corrected chi connectivity index (χ2v) is 8.97. The molecular weight excluding hydrogens is 406 g/mol. The van der Waals surface area contributed by atoms with Crippen LogP contribution >= 0.6 is 22.7 Å². The van der Waals surface area contributed by atoms with E-state index in [1.165, 1.54) is 10.4 Å². The number of nitrogens with one attached hydrogen (secondary N) is 2. The number of hydrogen-bond acceptors (Lipinski definition) is 6. The molecule has 0 aliphatic heterocycles. The number of nitrogens with zero attached hydrogens (tertiary/aromatic N) is 3. The van der Waals surface area contributed by atoms with Gasteiger partial charge < -0.3 is 10.3 Å². The monoisotopic (exact) mass is 427 g/mol. The minimum atomic E-state index is -0.406. The third-order valence-electron chi connectivity index (χ3n) is 4.44. The molecule has 7 nitrogen and oxygen atoms in total. The Morgan fingerprint density at radius 3 is 2.86 bits per heavy atom. The van der Waals surface area contributed by atoms with Crippen LogP contribution in [0.5, 0.6) is 0 Å². The van der Waals surface area contributed by atoms with E-state index in [-0.39, 0.29) is 17.7 Å². The molecule has 0 radical (unpaired) electrons. The maximum Gasteiger partial charge on any atom is 0.261 e. The molecule has 0 saturated carbocycles. The predicted octanol–water partition coefficient (Wildman–Crippen LogP) is 3.02. The highest BCUT2D eigenvalue weighted by Crippen LogP contribution is 2.16. The standard InChI is InChI=1S/C20H21N5O2S2/c1-13-8-25-11-16(23-20(25)29-13)7-21-18(26)17-4-3-15(22-19(17)27)10-24(2)9-14-5-6-28-12-14/h3-6,8,11-12H,7,9-10H2,1-2H3,(H,21,26)(H,22,27). The molecule has 0 fully saturated rings. The van der Waals surface area contributed by atoms with Crippen LogP contribution in [0.4, 0.5) is 0 Å². The number of H-pyrrole nitrogens is 1. The zero-order valence-electron chi connectivity index (χ0n) is 16.1. The van der Waals surface area contributed by atoms with Crippen molar-refractivity contribution < 1.29 is 4.79 Å². The van der Waals surface area contributed by atoms with Crippen molar-refractivity contribution in [3.63, 3.8) is 0 Å². The van der Waals surface area contributed by atoms with Crippen LogP contribution in [-0.2, 0) is 19.6 Å². The fourth-order valence-electron chi connectivity index (χ4n) is 3.14. The number of pyridine rings is 1. The van der Waals surface area contributed by atoms with Gasteiger partial charge in [0, 0.05) is 36.1 Å². The molecule has 0 aliphatic rings. The zero-order chi connectivity index (χ0) is 20.4. The van der Waals surface area contributed by atoms with E-state index >= 15 is 0 Å². The first-order valence-corrected chi connectivity index (χ1v) is 10.9. The topological polar surface area (TPSA) is 82.5 Å². The van der Waals surface area contributed by atoms with E-state index in [1.54, 1.807) is 34.8 Å². The molecule has 29 heavy (non-hydrogen) atoms. The molecule has 1 amide bonds. The number of hydrogen-bond donors (Lipinski definition) is 2. The minimum Gasteiger partial charge on any atom is -0.346 e. The second kappa shape index (κ2) is 8.32. The maximum atomic E-state index is 12.4. The third-order valence-corrected chi connectivity index (χ3v) is 6.08. The number of carbonyl (C=O) groups is 1. The number of aryl methyl sites for hydroxylation is 1. The molecule has 0 bridgehead atoms. The molecule has 4 rings (SSSR count). The summed E-state index contributed by atoms with van der Waals surface area (Å²) in [5.74, 6) is -0.406. The number of amides is 1. The van der Waals surface area contributed by atoms with Crippen molar-refractivity contribution >= 4 is 33.5 Å². The lowest BCUT2D eigenvalue weighted by molar-refractivity contribution is 0.0949. The normalized spacial score (nSPS) is 11.4. The van der Waals surface area contributed by atoms with Crippen molar-refractivity contribution in [1.82, 2.24) is 24.6 Å². The molecule has 0 aromatic carbocycles. The van der Waals surface area contributed by atoms with Gasteiger partial charge >= 0.3 is 0 Å². The van der Waals surface area contributed by atoms with Crippen molar-refractivity contribution in [3.05, 3.63) is 79.1 Å². The molecule has 0 spiro atoms. The van der Waals surface area contributed by atoms with Crippen LogP contribution in [0.15, 0.2) is 46.1 Å². The van der Waals surface area contributed by atoms with Gasteiger partial charge in [-0.3, -0.25) is 18.9 Å². The van der Waals surface area contributed by atoms with Gasteiger partial charge in [-0.1, -0.05) is 0 Å². The molecular formula is C20H21N5O2S2. The summed E-state index contributed by atoms with van der Waals surface area (Å²) in [7, 11) is 1.99. The Bertz CT molecular complexity index is 1160. The summed E-state index contributed by atoms with van der Waals surface area (Å²) >= 11 is 3.26. The number of imidazole rings is 1. The van der Waals surface area contributed by atoms with Crippen LogP contribution in [0.25, 0.3) is 4.96 Å². The second-order valence-electron chi connectivity index (χ2n) is 6.98. The molecule has 0 aliphatic carbocycles. The Labute approximate surface area is 175 Å². The van der Waals surface area contributed by atoms with Gasteiger partial charge in [0.15, 0.2) is 4.96 Å². The van der Waals surface area contributed by atoms with Gasteiger partial charge in [0.1, 0.15) is 5.56 Å². The van der Waals surface area contributed by atoms with Crippen LogP contribution in [0, 0.1) is 6.92 Å². The molecule has 9 heteroatoms. The molecule has 0 unspecified atom stereocenters. The summed E-state index contributed by atoms with van der Waals surface area (Å²) < 4.78 is 1.94. The van der Waals surface area contributed by atoms with Crippen molar-refractivity contribution in [2.24, 2.45) is 0 Å². The van der Waals surface area contributed by atoms with Gasteiger partial charge in [-0.15, -0.1) is 11.3 Å². The number of carbonyl (C=O) groups excluding carboxylic acids is 1. The molecule has 4 aromatic rings. The lowest BCUT2D eigenvalue weighted by Gasteiger charge is -2.15. The Hall–Kier alpha value is -2.75. The van der Waals surface area contributed by atoms with Crippen LogP contribution in [0.1, 0.15) is 32.2 Å². The fourth-order valence-corrected chi connectivity index (χ4v) is 4.62. The highest BCUT2D eigenvalue weighted by atomic mass is 32.1. The molecule has 0 atom stereocenters. The summed E-state index contributed by atoms with van der Waals surface area (Å²) in [5.41, 5.74) is 2.49. The quantitative estimate of drug-likeness (QED) is 0.475. The summed E-state index contributed by atoms with van der Waals surface area (Å²) in [6, 6.07) is 5.45. The van der Waals surface area contributed by atoms with Gasteiger partial charge in [0.05, 0.1) is 12.2 Å². The van der Waals surface area contributed by atoms with E-state index in [9.17, 15) is 9.59 Å². The highest BCUT2D eigenvalue weighted by molar-refractivity contribution is 7.16. The molecule has 0 saturated heterocycles. The summed E-state index contributed by atoms with van der Waals surface area (Å²) in [4.78, 5) is 36.3. The average molecular weight is 428 g/mol. The van der Waals surface area contributed by atoms with Crippen LogP contribution in [0.3, 0.4) is 0 Å². The van der Waals surface area contributed by atoms with E-state index in [2.05, 4.69) is 31.6 Å².